The molecule has 2 amide bonds. The summed E-state index contributed by atoms with van der Waals surface area (Å²) < 4.78 is 21.1. The van der Waals surface area contributed by atoms with Gasteiger partial charge in [-0.1, -0.05) is 49.4 Å². The molecule has 43 heavy (non-hydrogen) atoms. The van der Waals surface area contributed by atoms with Crippen LogP contribution in [-0.2, 0) is 17.6 Å². The van der Waals surface area contributed by atoms with Gasteiger partial charge in [-0.3, -0.25) is 9.59 Å². The van der Waals surface area contributed by atoms with E-state index >= 15 is 0 Å². The Morgan fingerprint density at radius 3 is 2.60 bits per heavy atom. The number of aliphatic hydroxyl groups excluding tert-OH is 1. The van der Waals surface area contributed by atoms with Crippen LogP contribution in [0, 0.1) is 5.82 Å². The first-order valence-corrected chi connectivity index (χ1v) is 15.5. The van der Waals surface area contributed by atoms with Crippen LogP contribution in [0.2, 0.25) is 0 Å². The second-order valence-electron chi connectivity index (χ2n) is 12.2. The van der Waals surface area contributed by atoms with Gasteiger partial charge in [-0.05, 0) is 73.9 Å². The molecule has 1 saturated heterocycles. The Labute approximate surface area is 252 Å². The maximum Gasteiger partial charge on any atom is 0.251 e. The summed E-state index contributed by atoms with van der Waals surface area (Å²) in [7, 11) is 0. The van der Waals surface area contributed by atoms with Gasteiger partial charge in [0, 0.05) is 43.1 Å². The minimum atomic E-state index is -0.901. The van der Waals surface area contributed by atoms with Crippen LogP contribution in [0.3, 0.4) is 0 Å². The van der Waals surface area contributed by atoms with Crippen molar-refractivity contribution in [2.75, 3.05) is 18.0 Å². The van der Waals surface area contributed by atoms with E-state index in [1.807, 2.05) is 30.3 Å². The van der Waals surface area contributed by atoms with Gasteiger partial charge in [0.25, 0.3) is 5.91 Å². The predicted molar refractivity (Wildman–Crippen MR) is 164 cm³/mol. The van der Waals surface area contributed by atoms with Crippen LogP contribution in [0.4, 0.5) is 10.1 Å². The van der Waals surface area contributed by atoms with Crippen molar-refractivity contribution in [3.8, 4) is 5.75 Å². The molecule has 2 heterocycles. The van der Waals surface area contributed by atoms with Crippen molar-refractivity contribution in [1.82, 2.24) is 10.6 Å². The number of benzene rings is 3. The molecule has 3 N–H and O–H groups in total. The Morgan fingerprint density at radius 2 is 1.91 bits per heavy atom. The number of halogens is 1. The number of carbonyl (C=O) groups excluding carboxylic acids is 2. The first-order valence-electron chi connectivity index (χ1n) is 15.5. The van der Waals surface area contributed by atoms with Crippen molar-refractivity contribution in [2.45, 2.75) is 82.1 Å². The van der Waals surface area contributed by atoms with Gasteiger partial charge >= 0.3 is 0 Å². The molecular formula is C35H40FN3O4. The van der Waals surface area contributed by atoms with Crippen LogP contribution < -0.4 is 20.3 Å². The Hall–Kier alpha value is -3.75. The van der Waals surface area contributed by atoms with E-state index < -0.39 is 23.9 Å². The SMILES string of the molecule is CCc1ccc2c(c1)[C@@H](NC[C@@H](O)[C@H](Cc1ccccc1)NC(=O)c1ccc(F)c(N3CCCC3=O)c1)CC1(CCC1)O2. The second kappa shape index (κ2) is 12.5. The third-order valence-electron chi connectivity index (χ3n) is 9.25. The van der Waals surface area contributed by atoms with E-state index in [0.717, 1.165) is 49.0 Å². The molecule has 3 aliphatic rings. The van der Waals surface area contributed by atoms with Crippen molar-refractivity contribution in [3.05, 3.63) is 94.8 Å². The van der Waals surface area contributed by atoms with E-state index in [1.54, 1.807) is 0 Å². The Morgan fingerprint density at radius 1 is 1.09 bits per heavy atom. The summed E-state index contributed by atoms with van der Waals surface area (Å²) in [5, 5.41) is 18.2. The van der Waals surface area contributed by atoms with Crippen LogP contribution in [0.1, 0.15) is 78.5 Å². The number of amides is 2. The summed E-state index contributed by atoms with van der Waals surface area (Å²) >= 11 is 0. The average Bonchev–Trinajstić information content (AvgIpc) is 3.44. The van der Waals surface area contributed by atoms with E-state index in [9.17, 15) is 19.1 Å². The first kappa shape index (κ1) is 29.3. The molecule has 1 saturated carbocycles. The number of fused-ring (bicyclic) bond motifs is 1. The maximum absolute atomic E-state index is 14.7. The number of rotatable bonds is 10. The highest BCUT2D eigenvalue weighted by Crippen LogP contribution is 2.49. The molecule has 0 radical (unpaired) electrons. The Bertz CT molecular complexity index is 1480. The van der Waals surface area contributed by atoms with E-state index in [4.69, 9.17) is 4.74 Å². The third-order valence-corrected chi connectivity index (χ3v) is 9.25. The van der Waals surface area contributed by atoms with Crippen molar-refractivity contribution < 1.29 is 23.8 Å². The van der Waals surface area contributed by atoms with Gasteiger partial charge in [-0.15, -0.1) is 0 Å². The lowest BCUT2D eigenvalue weighted by Crippen LogP contribution is -2.52. The summed E-state index contributed by atoms with van der Waals surface area (Å²) in [5.74, 6) is -0.202. The summed E-state index contributed by atoms with van der Waals surface area (Å²) in [6, 6.07) is 19.6. The number of aryl methyl sites for hydroxylation is 1. The molecule has 2 fully saturated rings. The molecule has 3 aromatic carbocycles. The molecule has 1 aliphatic carbocycles. The molecular weight excluding hydrogens is 545 g/mol. The summed E-state index contributed by atoms with van der Waals surface area (Å²) in [6.07, 6.45) is 5.51. The fourth-order valence-electron chi connectivity index (χ4n) is 6.57. The first-order chi connectivity index (χ1) is 20.8. The highest BCUT2D eigenvalue weighted by atomic mass is 19.1. The zero-order valence-corrected chi connectivity index (χ0v) is 24.7. The van der Waals surface area contributed by atoms with Crippen molar-refractivity contribution in [3.63, 3.8) is 0 Å². The zero-order valence-electron chi connectivity index (χ0n) is 24.7. The number of ether oxygens (including phenoxy) is 1. The molecule has 0 aromatic heterocycles. The average molecular weight is 586 g/mol. The number of carbonyl (C=O) groups is 2. The van der Waals surface area contributed by atoms with Crippen LogP contribution in [0.15, 0.2) is 66.7 Å². The Balaban J connectivity index is 1.20. The van der Waals surface area contributed by atoms with Crippen LogP contribution >= 0.6 is 0 Å². The lowest BCUT2D eigenvalue weighted by Gasteiger charge is -2.48. The molecule has 0 unspecified atom stereocenters. The van der Waals surface area contributed by atoms with Crippen LogP contribution in [-0.4, -0.2) is 47.8 Å². The van der Waals surface area contributed by atoms with Gasteiger partial charge in [0.05, 0.1) is 17.8 Å². The quantitative estimate of drug-likeness (QED) is 0.302. The zero-order chi connectivity index (χ0) is 30.0. The highest BCUT2D eigenvalue weighted by molar-refractivity contribution is 5.99. The Kier molecular flexibility index (Phi) is 8.50. The molecule has 8 heteroatoms. The van der Waals surface area contributed by atoms with Gasteiger partial charge in [0.2, 0.25) is 5.91 Å². The fourth-order valence-corrected chi connectivity index (χ4v) is 6.57. The number of nitrogens with one attached hydrogen (secondary N) is 2. The number of hydrogen-bond donors (Lipinski definition) is 3. The number of hydrogen-bond acceptors (Lipinski definition) is 5. The number of aliphatic hydroxyl groups is 1. The van der Waals surface area contributed by atoms with Crippen molar-refractivity contribution in [1.29, 1.82) is 0 Å². The maximum atomic E-state index is 14.7. The van der Waals surface area contributed by atoms with E-state index in [2.05, 4.69) is 35.8 Å². The molecule has 226 valence electrons. The topological polar surface area (TPSA) is 90.9 Å². The van der Waals surface area contributed by atoms with Crippen LogP contribution in [0.5, 0.6) is 5.75 Å². The van der Waals surface area contributed by atoms with Gasteiger partial charge < -0.3 is 25.4 Å². The van der Waals surface area contributed by atoms with Gasteiger partial charge in [0.1, 0.15) is 17.2 Å². The molecule has 0 bridgehead atoms. The minimum Gasteiger partial charge on any atom is -0.487 e. The van der Waals surface area contributed by atoms with E-state index in [1.165, 1.54) is 28.7 Å². The summed E-state index contributed by atoms with van der Waals surface area (Å²) in [5.41, 5.74) is 3.54. The largest absolute Gasteiger partial charge is 0.487 e. The van der Waals surface area contributed by atoms with Gasteiger partial charge in [0.15, 0.2) is 0 Å². The highest BCUT2D eigenvalue weighted by Gasteiger charge is 2.45. The van der Waals surface area contributed by atoms with E-state index in [0.29, 0.717) is 25.8 Å². The van der Waals surface area contributed by atoms with Gasteiger partial charge in [-0.2, -0.15) is 0 Å². The fraction of sp³-hybridized carbons (Fsp3) is 0.429. The standard InChI is InChI=1S/C35H40FN3O4/c1-2-23-11-14-32-26(18-23)29(21-35(43-32)15-7-16-35)37-22-31(40)28(19-24-8-4-3-5-9-24)38-34(42)25-12-13-27(36)30(20-25)39-17-6-10-33(39)41/h3-5,8-9,11-14,18,20,28-29,31,37,40H,2,6-7,10,15-17,19,21-22H2,1H3,(H,38,42)/t28-,29-,31+/m0/s1. The lowest BCUT2D eigenvalue weighted by atomic mass is 9.72. The van der Waals surface area contributed by atoms with Crippen molar-refractivity contribution >= 4 is 17.5 Å². The van der Waals surface area contributed by atoms with Gasteiger partial charge in [-0.25, -0.2) is 4.39 Å². The molecule has 2 aliphatic heterocycles. The number of nitrogens with zero attached hydrogens (tertiary/aromatic N) is 1. The summed E-state index contributed by atoms with van der Waals surface area (Å²) in [6.45, 7) is 2.83. The molecule has 3 aromatic rings. The predicted octanol–water partition coefficient (Wildman–Crippen LogP) is 5.25. The molecule has 7 nitrogen and oxygen atoms in total. The second-order valence-corrected chi connectivity index (χ2v) is 12.2. The van der Waals surface area contributed by atoms with E-state index in [-0.39, 0.29) is 35.3 Å². The minimum absolute atomic E-state index is 0.0240. The third kappa shape index (κ3) is 6.31. The normalized spacial score (nSPS) is 20.2. The lowest BCUT2D eigenvalue weighted by molar-refractivity contribution is -0.117. The van der Waals surface area contributed by atoms with Crippen LogP contribution in [0.25, 0.3) is 0 Å². The number of anilines is 1. The monoisotopic (exact) mass is 585 g/mol. The molecule has 3 atom stereocenters. The smallest absolute Gasteiger partial charge is 0.251 e. The summed E-state index contributed by atoms with van der Waals surface area (Å²) in [4.78, 5) is 27.2. The van der Waals surface area contributed by atoms with Crippen molar-refractivity contribution in [2.24, 2.45) is 0 Å². The molecule has 6 rings (SSSR count). The molecule has 1 spiro atoms.